The summed E-state index contributed by atoms with van der Waals surface area (Å²) in [5.41, 5.74) is 0.491. The lowest BCUT2D eigenvalue weighted by Crippen LogP contribution is -2.35. The molecule has 8 nitrogen and oxygen atoms in total. The fourth-order valence-electron chi connectivity index (χ4n) is 2.90. The maximum atomic E-state index is 13.0. The van der Waals surface area contributed by atoms with Gasteiger partial charge in [-0.25, -0.2) is 9.78 Å². The average Bonchev–Trinajstić information content (AvgIpc) is 3.03. The summed E-state index contributed by atoms with van der Waals surface area (Å²) in [6.45, 7) is 5.33. The molecule has 3 aromatic rings. The summed E-state index contributed by atoms with van der Waals surface area (Å²) >= 11 is 0. The Labute approximate surface area is 161 Å². The molecule has 0 radical (unpaired) electrons. The van der Waals surface area contributed by atoms with Gasteiger partial charge in [0.15, 0.2) is 0 Å². The van der Waals surface area contributed by atoms with Gasteiger partial charge in [-0.2, -0.15) is 0 Å². The molecule has 3 rings (SSSR count). The van der Waals surface area contributed by atoms with Crippen molar-refractivity contribution in [2.24, 2.45) is 0 Å². The number of nitrogens with zero attached hydrogens (tertiary/aromatic N) is 2. The Hall–Kier alpha value is -3.42. The number of furan rings is 1. The van der Waals surface area contributed by atoms with E-state index in [1.807, 2.05) is 30.3 Å². The predicted molar refractivity (Wildman–Crippen MR) is 102 cm³/mol. The number of aryl methyl sites for hydroxylation is 1. The van der Waals surface area contributed by atoms with Gasteiger partial charge in [0.2, 0.25) is 11.6 Å². The number of hydrogen-bond acceptors (Lipinski definition) is 6. The predicted octanol–water partition coefficient (Wildman–Crippen LogP) is 2.35. The third-order valence-corrected chi connectivity index (χ3v) is 4.40. The largest absolute Gasteiger partial charge is 0.462 e. The van der Waals surface area contributed by atoms with E-state index in [2.05, 4.69) is 10.3 Å². The van der Waals surface area contributed by atoms with E-state index in [-0.39, 0.29) is 34.9 Å². The van der Waals surface area contributed by atoms with E-state index >= 15 is 0 Å². The lowest BCUT2D eigenvalue weighted by Gasteiger charge is -2.14. The molecule has 1 unspecified atom stereocenters. The quantitative estimate of drug-likeness (QED) is 0.656. The number of amides is 1. The number of ether oxygens (including phenoxy) is 1. The number of fused-ring (bicyclic) bond motifs is 1. The van der Waals surface area contributed by atoms with Crippen LogP contribution in [0.4, 0.5) is 0 Å². The molecule has 8 heteroatoms. The van der Waals surface area contributed by atoms with Crippen molar-refractivity contribution in [3.05, 3.63) is 63.9 Å². The first-order chi connectivity index (χ1) is 13.4. The summed E-state index contributed by atoms with van der Waals surface area (Å²) in [7, 11) is 0. The molecule has 1 amide bonds. The van der Waals surface area contributed by atoms with Crippen molar-refractivity contribution in [2.45, 2.75) is 33.4 Å². The minimum atomic E-state index is -0.821. The van der Waals surface area contributed by atoms with Crippen molar-refractivity contribution >= 4 is 23.0 Å². The van der Waals surface area contributed by atoms with Crippen LogP contribution in [-0.4, -0.2) is 28.0 Å². The number of rotatable bonds is 6. The second-order valence-electron chi connectivity index (χ2n) is 6.27. The Morgan fingerprint density at radius 2 is 2.00 bits per heavy atom. The zero-order valence-electron chi connectivity index (χ0n) is 15.9. The fourth-order valence-corrected chi connectivity index (χ4v) is 2.90. The third-order valence-electron chi connectivity index (χ3n) is 4.40. The Kier molecular flexibility index (Phi) is 5.58. The summed E-state index contributed by atoms with van der Waals surface area (Å²) in [4.78, 5) is 41.8. The van der Waals surface area contributed by atoms with Crippen LogP contribution in [0.15, 0.2) is 45.9 Å². The highest BCUT2D eigenvalue weighted by Crippen LogP contribution is 2.22. The number of nitrogens with one attached hydrogen (secondary N) is 1. The molecule has 0 spiro atoms. The minimum Gasteiger partial charge on any atom is -0.462 e. The van der Waals surface area contributed by atoms with Gasteiger partial charge >= 0.3 is 5.97 Å². The van der Waals surface area contributed by atoms with Crippen LogP contribution in [-0.2, 0) is 16.1 Å². The molecule has 0 aliphatic heterocycles. The van der Waals surface area contributed by atoms with Gasteiger partial charge in [-0.05, 0) is 26.3 Å². The van der Waals surface area contributed by atoms with Crippen LogP contribution in [0.3, 0.4) is 0 Å². The van der Waals surface area contributed by atoms with Crippen molar-refractivity contribution < 1.29 is 18.7 Å². The second-order valence-corrected chi connectivity index (χ2v) is 6.27. The van der Waals surface area contributed by atoms with E-state index < -0.39 is 17.6 Å². The fraction of sp³-hybridized carbons (Fsp3) is 0.300. The van der Waals surface area contributed by atoms with Crippen LogP contribution in [0.25, 0.3) is 11.1 Å². The van der Waals surface area contributed by atoms with Crippen LogP contribution < -0.4 is 10.9 Å². The first-order valence-electron chi connectivity index (χ1n) is 8.93. The van der Waals surface area contributed by atoms with Crippen molar-refractivity contribution in [1.82, 2.24) is 14.9 Å². The molecule has 1 N–H and O–H groups in total. The monoisotopic (exact) mass is 383 g/mol. The van der Waals surface area contributed by atoms with E-state index in [0.717, 1.165) is 5.56 Å². The first-order valence-corrected chi connectivity index (χ1v) is 8.93. The molecule has 28 heavy (non-hydrogen) atoms. The number of carbonyl (C=O) groups is 2. The van der Waals surface area contributed by atoms with E-state index in [1.54, 1.807) is 20.8 Å². The average molecular weight is 383 g/mol. The number of aromatic nitrogens is 2. The second kappa shape index (κ2) is 8.08. The van der Waals surface area contributed by atoms with Crippen LogP contribution in [0.5, 0.6) is 0 Å². The molecule has 1 atom stereocenters. The molecule has 2 aromatic heterocycles. The lowest BCUT2D eigenvalue weighted by molar-refractivity contribution is -0.124. The third kappa shape index (κ3) is 3.66. The highest BCUT2D eigenvalue weighted by Gasteiger charge is 2.26. The van der Waals surface area contributed by atoms with Gasteiger partial charge in [0.25, 0.3) is 5.56 Å². The van der Waals surface area contributed by atoms with E-state index in [4.69, 9.17) is 9.15 Å². The molecule has 0 saturated heterocycles. The topological polar surface area (TPSA) is 103 Å². The van der Waals surface area contributed by atoms with Gasteiger partial charge < -0.3 is 14.5 Å². The van der Waals surface area contributed by atoms with Gasteiger partial charge in [-0.1, -0.05) is 30.3 Å². The molecule has 0 fully saturated rings. The van der Waals surface area contributed by atoms with Gasteiger partial charge in [0.1, 0.15) is 29.1 Å². The summed E-state index contributed by atoms with van der Waals surface area (Å²) in [6, 6.07) is 8.62. The summed E-state index contributed by atoms with van der Waals surface area (Å²) < 4.78 is 11.6. The van der Waals surface area contributed by atoms with Crippen LogP contribution in [0, 0.1) is 6.92 Å². The Balaban J connectivity index is 1.91. The van der Waals surface area contributed by atoms with Gasteiger partial charge in [0.05, 0.1) is 6.61 Å². The zero-order valence-corrected chi connectivity index (χ0v) is 15.9. The van der Waals surface area contributed by atoms with Crippen LogP contribution in [0.1, 0.15) is 41.6 Å². The normalized spacial score (nSPS) is 12.0. The van der Waals surface area contributed by atoms with Crippen molar-refractivity contribution in [3.63, 3.8) is 0 Å². The zero-order chi connectivity index (χ0) is 20.3. The smallest absolute Gasteiger partial charge is 0.342 e. The maximum absolute atomic E-state index is 13.0. The van der Waals surface area contributed by atoms with Crippen molar-refractivity contribution in [3.8, 4) is 0 Å². The highest BCUT2D eigenvalue weighted by molar-refractivity contribution is 6.03. The Morgan fingerprint density at radius 3 is 2.68 bits per heavy atom. The lowest BCUT2D eigenvalue weighted by atomic mass is 10.2. The highest BCUT2D eigenvalue weighted by atomic mass is 16.5. The van der Waals surface area contributed by atoms with E-state index in [1.165, 1.54) is 10.9 Å². The van der Waals surface area contributed by atoms with Gasteiger partial charge in [-0.3, -0.25) is 14.2 Å². The van der Waals surface area contributed by atoms with E-state index in [0.29, 0.717) is 6.54 Å². The number of hydrogen-bond donors (Lipinski definition) is 1. The van der Waals surface area contributed by atoms with Crippen molar-refractivity contribution in [1.29, 1.82) is 0 Å². The Morgan fingerprint density at radius 1 is 1.29 bits per heavy atom. The van der Waals surface area contributed by atoms with Gasteiger partial charge in [0, 0.05) is 6.54 Å². The molecule has 0 aliphatic carbocycles. The number of carbonyl (C=O) groups excluding carboxylic acids is 2. The summed E-state index contributed by atoms with van der Waals surface area (Å²) in [5, 5.41) is 2.81. The van der Waals surface area contributed by atoms with Gasteiger partial charge in [-0.15, -0.1) is 0 Å². The van der Waals surface area contributed by atoms with Crippen LogP contribution >= 0.6 is 0 Å². The first kappa shape index (κ1) is 19.3. The SMILES string of the molecule is CCOC(=O)c1c(C)oc2ncn(C(C)C(=O)NCc3ccccc3)c(=O)c12. The van der Waals surface area contributed by atoms with Crippen LogP contribution in [0.2, 0.25) is 0 Å². The molecular weight excluding hydrogens is 362 g/mol. The number of benzene rings is 1. The molecule has 0 saturated carbocycles. The molecule has 146 valence electrons. The molecule has 0 aliphatic rings. The summed E-state index contributed by atoms with van der Waals surface area (Å²) in [5.74, 6) is -0.751. The standard InChI is InChI=1S/C20H21N3O5/c1-4-27-20(26)15-13(3)28-18-16(15)19(25)23(11-22-18)12(2)17(24)21-10-14-8-6-5-7-9-14/h5-9,11-12H,4,10H2,1-3H3,(H,21,24). The van der Waals surface area contributed by atoms with Crippen molar-refractivity contribution in [2.75, 3.05) is 6.61 Å². The minimum absolute atomic E-state index is 0.0150. The van der Waals surface area contributed by atoms with E-state index in [9.17, 15) is 14.4 Å². The molecule has 1 aromatic carbocycles. The number of esters is 1. The molecule has 0 bridgehead atoms. The molecular formula is C20H21N3O5. The molecule has 2 heterocycles. The Bertz CT molecular complexity index is 1070. The summed E-state index contributed by atoms with van der Waals surface area (Å²) in [6.07, 6.45) is 1.25. The maximum Gasteiger partial charge on any atom is 0.342 e.